The van der Waals surface area contributed by atoms with Crippen LogP contribution in [0.15, 0.2) is 194 Å². The van der Waals surface area contributed by atoms with Gasteiger partial charge in [-0.25, -0.2) is 0 Å². The summed E-state index contributed by atoms with van der Waals surface area (Å²) in [5.41, 5.74) is 8.56. The Bertz CT molecular complexity index is 3560. The van der Waals surface area contributed by atoms with Gasteiger partial charge in [0.1, 0.15) is 11.4 Å². The largest absolute Gasteiger partial charge is 0.447 e. The Morgan fingerprint density at radius 2 is 0.758 bits per heavy atom. The van der Waals surface area contributed by atoms with Crippen LogP contribution < -0.4 is 19.3 Å². The third kappa shape index (κ3) is 5.26. The number of ether oxygens (including phenoxy) is 2. The van der Waals surface area contributed by atoms with Crippen LogP contribution in [0, 0.1) is 0 Å². The summed E-state index contributed by atoms with van der Waals surface area (Å²) in [4.78, 5) is 3.32. The van der Waals surface area contributed by atoms with Gasteiger partial charge in [0, 0.05) is 44.4 Å². The summed E-state index contributed by atoms with van der Waals surface area (Å²) in [6.07, 6.45) is 0. The van der Waals surface area contributed by atoms with E-state index in [9.17, 15) is 5.48 Å². The van der Waals surface area contributed by atoms with E-state index in [1.165, 1.54) is 0 Å². The first kappa shape index (κ1) is 27.3. The first-order valence-electron chi connectivity index (χ1n) is 25.7. The Morgan fingerprint density at radius 3 is 1.19 bits per heavy atom. The molecule has 1 aliphatic heterocycles. The molecule has 9 aromatic rings. The van der Waals surface area contributed by atoms with Crippen LogP contribution in [0.5, 0.6) is 23.0 Å². The zero-order chi connectivity index (χ0) is 50.4. The van der Waals surface area contributed by atoms with Crippen LogP contribution in [0.4, 0.5) is 34.1 Å². The van der Waals surface area contributed by atoms with Gasteiger partial charge < -0.3 is 19.3 Å². The molecule has 0 amide bonds. The highest BCUT2D eigenvalue weighted by Crippen LogP contribution is 2.62. The van der Waals surface area contributed by atoms with E-state index in [-0.39, 0.29) is 34.2 Å². The third-order valence-electron chi connectivity index (χ3n) is 12.9. The van der Waals surface area contributed by atoms with Crippen LogP contribution in [0.3, 0.4) is 0 Å². The Balaban J connectivity index is 1.23. The highest BCUT2D eigenvalue weighted by atomic mass is 16.6. The lowest BCUT2D eigenvalue weighted by Gasteiger charge is -2.36. The van der Waals surface area contributed by atoms with E-state index in [0.29, 0.717) is 33.6 Å². The number of hydrogen-bond acceptors (Lipinski definition) is 4. The Morgan fingerprint density at radius 1 is 0.387 bits per heavy atom. The van der Waals surface area contributed by atoms with Gasteiger partial charge in [-0.2, -0.15) is 0 Å². The first-order chi connectivity index (χ1) is 34.4. The first-order valence-corrected chi connectivity index (χ1v) is 20.7. The van der Waals surface area contributed by atoms with E-state index in [0.717, 1.165) is 44.5 Å². The van der Waals surface area contributed by atoms with Crippen molar-refractivity contribution in [3.05, 3.63) is 216 Å². The highest BCUT2D eigenvalue weighted by Gasteiger charge is 2.40. The lowest BCUT2D eigenvalue weighted by atomic mass is 9.82. The molecule has 12 rings (SSSR count). The molecule has 0 radical (unpaired) electrons. The van der Waals surface area contributed by atoms with Crippen LogP contribution in [0.1, 0.15) is 63.7 Å². The average Bonchev–Trinajstić information content (AvgIpc) is 3.76. The van der Waals surface area contributed by atoms with Gasteiger partial charge in [-0.15, -0.1) is 0 Å². The number of rotatable bonds is 6. The molecule has 3 aliphatic rings. The molecule has 0 atom stereocenters. The van der Waals surface area contributed by atoms with Crippen LogP contribution in [0.2, 0.25) is 0 Å². The van der Waals surface area contributed by atoms with Crippen LogP contribution in [-0.4, -0.2) is 0 Å². The normalized spacial score (nSPS) is 16.6. The van der Waals surface area contributed by atoms with Gasteiger partial charge in [-0.3, -0.25) is 0 Å². The Labute approximate surface area is 376 Å². The lowest BCUT2D eigenvalue weighted by Crippen LogP contribution is -2.19. The molecule has 0 aromatic heterocycles. The van der Waals surface area contributed by atoms with Crippen molar-refractivity contribution in [2.75, 3.05) is 9.80 Å². The van der Waals surface area contributed by atoms with Gasteiger partial charge in [0.15, 0.2) is 23.0 Å². The molecule has 1 heterocycles. The van der Waals surface area contributed by atoms with Gasteiger partial charge in [0.2, 0.25) is 0 Å². The molecular formula is C58H44N2O2. The second-order valence-electron chi connectivity index (χ2n) is 17.0. The highest BCUT2D eigenvalue weighted by molar-refractivity contribution is 6.13. The van der Waals surface area contributed by atoms with Gasteiger partial charge in [-0.1, -0.05) is 161 Å². The van der Waals surface area contributed by atoms with Crippen molar-refractivity contribution in [3.8, 4) is 45.3 Å². The smallest absolute Gasteiger partial charge is 0.196 e. The minimum absolute atomic E-state index is 0.0866. The maximum absolute atomic E-state index is 9.56. The molecule has 0 N–H and O–H groups in total. The molecule has 0 saturated heterocycles. The zero-order valence-corrected chi connectivity index (χ0v) is 34.4. The van der Waals surface area contributed by atoms with Gasteiger partial charge in [0.05, 0.1) is 13.7 Å². The molecule has 0 saturated carbocycles. The molecule has 4 heteroatoms. The molecule has 0 fully saturated rings. The zero-order valence-electron chi connectivity index (χ0n) is 44.4. The molecule has 4 nitrogen and oxygen atoms in total. The van der Waals surface area contributed by atoms with Crippen LogP contribution in [0.25, 0.3) is 33.0 Å². The maximum atomic E-state index is 9.56. The summed E-state index contributed by atoms with van der Waals surface area (Å²) in [6.45, 7) is 8.57. The molecule has 0 spiro atoms. The standard InChI is InChI=1S/C58H44N2O2/c1-57(2)47-27-15-13-23-41(47)43-33-31-39(35-49(43)57)59(37-19-7-5-8-20-37)53-45-25-11-12-26-46(45)54(56-55(53)61-51-29-17-18-30-52(51)62-56)60(38-21-9-6-10-22-38)40-32-34-44-42-24-14-16-28-48(42)58(3,4)50(44)36-40/h5-36H,1-4H3/i5D,6D,7D,8D,9D,10D,19D,20D,21D,22D. The number of para-hydroxylation sites is 4. The third-order valence-corrected chi connectivity index (χ3v) is 12.9. The summed E-state index contributed by atoms with van der Waals surface area (Å²) in [5.74, 6) is 0.822. The molecule has 298 valence electrons. The summed E-state index contributed by atoms with van der Waals surface area (Å²) < 4.78 is 106. The van der Waals surface area contributed by atoms with E-state index >= 15 is 0 Å². The van der Waals surface area contributed by atoms with Crippen molar-refractivity contribution >= 4 is 44.9 Å². The number of nitrogens with zero attached hydrogens (tertiary/aromatic N) is 2. The molecule has 2 aliphatic carbocycles. The predicted octanol–water partition coefficient (Wildman–Crippen LogP) is 16.3. The molecule has 0 unspecified atom stereocenters. The van der Waals surface area contributed by atoms with Crippen LogP contribution >= 0.6 is 0 Å². The Hall–Kier alpha value is -7.56. The van der Waals surface area contributed by atoms with Crippen molar-refractivity contribution < 1.29 is 23.2 Å². The monoisotopic (exact) mass is 810 g/mol. The van der Waals surface area contributed by atoms with Crippen molar-refractivity contribution in [2.45, 2.75) is 38.5 Å². The second-order valence-corrected chi connectivity index (χ2v) is 17.0. The predicted molar refractivity (Wildman–Crippen MR) is 255 cm³/mol. The van der Waals surface area contributed by atoms with Crippen molar-refractivity contribution in [3.63, 3.8) is 0 Å². The summed E-state index contributed by atoms with van der Waals surface area (Å²) >= 11 is 0. The topological polar surface area (TPSA) is 24.9 Å². The Kier molecular flexibility index (Phi) is 5.94. The minimum Gasteiger partial charge on any atom is -0.447 e. The van der Waals surface area contributed by atoms with Crippen molar-refractivity contribution in [1.29, 1.82) is 0 Å². The van der Waals surface area contributed by atoms with Crippen LogP contribution in [-0.2, 0) is 10.8 Å². The molecule has 62 heavy (non-hydrogen) atoms. The molecule has 0 bridgehead atoms. The lowest BCUT2D eigenvalue weighted by molar-refractivity contribution is 0.362. The van der Waals surface area contributed by atoms with Gasteiger partial charge in [0.25, 0.3) is 0 Å². The second kappa shape index (κ2) is 13.5. The molecular weight excluding hydrogens is 757 g/mol. The fraction of sp³-hybridized carbons (Fsp3) is 0.103. The number of hydrogen-bond donors (Lipinski definition) is 0. The van der Waals surface area contributed by atoms with E-state index in [4.69, 9.17) is 17.7 Å². The SMILES string of the molecule is [2H]c1c([2H])c([2H])c(N(c2ccc3c(c2)C(C)(C)c2ccccc2-3)c2c3c(c(N(c4ccc5c(c4)C(C)(C)c4ccccc4-5)c4c([2H])c([2H])c([2H])c([2H])c4[2H])c4ccccc24)Oc2ccccc2O3)c([2H])c1[2H]. The maximum Gasteiger partial charge on any atom is 0.196 e. The quantitative estimate of drug-likeness (QED) is 0.156. The van der Waals surface area contributed by atoms with E-state index in [1.54, 1.807) is 34.1 Å². The van der Waals surface area contributed by atoms with E-state index < -0.39 is 71.3 Å². The van der Waals surface area contributed by atoms with E-state index in [2.05, 4.69) is 52.0 Å². The van der Waals surface area contributed by atoms with Gasteiger partial charge >= 0.3 is 0 Å². The number of fused-ring (bicyclic) bond motifs is 9. The fourth-order valence-electron chi connectivity index (χ4n) is 9.94. The molecule has 9 aromatic carbocycles. The fourth-order valence-corrected chi connectivity index (χ4v) is 9.94. The summed E-state index contributed by atoms with van der Waals surface area (Å²) in [7, 11) is 0. The summed E-state index contributed by atoms with van der Waals surface area (Å²) in [6, 6.07) is 37.6. The van der Waals surface area contributed by atoms with Crippen molar-refractivity contribution in [2.24, 2.45) is 0 Å². The average molecular weight is 811 g/mol. The number of anilines is 6. The summed E-state index contributed by atoms with van der Waals surface area (Å²) in [5, 5.41) is 0.936. The van der Waals surface area contributed by atoms with E-state index in [1.807, 2.05) is 84.9 Å². The van der Waals surface area contributed by atoms with Gasteiger partial charge in [-0.05, 0) is 105 Å². The minimum atomic E-state index is -0.551. The number of benzene rings is 9. The van der Waals surface area contributed by atoms with Crippen molar-refractivity contribution in [1.82, 2.24) is 0 Å².